The lowest BCUT2D eigenvalue weighted by atomic mass is 10.2. The number of rotatable bonds is 7. The smallest absolute Gasteiger partial charge is 0.251 e. The van der Waals surface area contributed by atoms with E-state index in [1.807, 2.05) is 0 Å². The quantitative estimate of drug-likeness (QED) is 0.821. The molecule has 2 aromatic carbocycles. The first-order valence-corrected chi connectivity index (χ1v) is 7.99. The minimum Gasteiger partial charge on any atom is -0.492 e. The number of nitrogens with zero attached hydrogens (tertiary/aromatic N) is 1. The molecule has 0 aliphatic rings. The van der Waals surface area contributed by atoms with Crippen LogP contribution in [-0.4, -0.2) is 43.5 Å². The SMILES string of the molecule is CN(CCOc1cccc(Cl)c1)C(=O)CNC(=O)c1cccc(F)c1. The number of carbonyl (C=O) groups is 2. The summed E-state index contributed by atoms with van der Waals surface area (Å²) in [5, 5.41) is 3.04. The lowest BCUT2D eigenvalue weighted by Gasteiger charge is -2.18. The van der Waals surface area contributed by atoms with Gasteiger partial charge < -0.3 is 15.0 Å². The van der Waals surface area contributed by atoms with Crippen LogP contribution in [0, 0.1) is 5.82 Å². The van der Waals surface area contributed by atoms with Crippen LogP contribution in [0.25, 0.3) is 0 Å². The second-order valence-electron chi connectivity index (χ2n) is 5.31. The highest BCUT2D eigenvalue weighted by Gasteiger charge is 2.12. The lowest BCUT2D eigenvalue weighted by Crippen LogP contribution is -2.39. The summed E-state index contributed by atoms with van der Waals surface area (Å²) in [7, 11) is 1.61. The fourth-order valence-electron chi connectivity index (χ4n) is 2.00. The number of likely N-dealkylation sites (N-methyl/N-ethyl adjacent to an activating group) is 1. The topological polar surface area (TPSA) is 58.6 Å². The molecule has 0 unspecified atom stereocenters. The Labute approximate surface area is 150 Å². The number of carbonyl (C=O) groups excluding carboxylic acids is 2. The normalized spacial score (nSPS) is 10.2. The summed E-state index contributed by atoms with van der Waals surface area (Å²) in [6.45, 7) is 0.463. The molecule has 2 aromatic rings. The highest BCUT2D eigenvalue weighted by atomic mass is 35.5. The molecule has 1 N–H and O–H groups in total. The van der Waals surface area contributed by atoms with E-state index in [0.29, 0.717) is 23.9 Å². The second-order valence-corrected chi connectivity index (χ2v) is 5.75. The zero-order valence-electron chi connectivity index (χ0n) is 13.7. The Morgan fingerprint density at radius 1 is 1.20 bits per heavy atom. The van der Waals surface area contributed by atoms with Crippen LogP contribution in [0.15, 0.2) is 48.5 Å². The van der Waals surface area contributed by atoms with Crippen LogP contribution in [0.2, 0.25) is 5.02 Å². The Bertz CT molecular complexity index is 755. The summed E-state index contributed by atoms with van der Waals surface area (Å²) in [5.74, 6) is -0.669. The Hall–Kier alpha value is -2.60. The van der Waals surface area contributed by atoms with Gasteiger partial charge in [-0.05, 0) is 36.4 Å². The monoisotopic (exact) mass is 364 g/mol. The molecule has 2 amide bonds. The fourth-order valence-corrected chi connectivity index (χ4v) is 2.18. The number of hydrogen-bond acceptors (Lipinski definition) is 3. The van der Waals surface area contributed by atoms with Crippen molar-refractivity contribution in [2.75, 3.05) is 26.7 Å². The average Bonchev–Trinajstić information content (AvgIpc) is 2.59. The van der Waals surface area contributed by atoms with Gasteiger partial charge in [0.25, 0.3) is 5.91 Å². The zero-order valence-corrected chi connectivity index (χ0v) is 14.4. The predicted molar refractivity (Wildman–Crippen MR) is 93.3 cm³/mol. The first-order chi connectivity index (χ1) is 12.0. The van der Waals surface area contributed by atoms with Gasteiger partial charge >= 0.3 is 0 Å². The molecule has 0 aliphatic carbocycles. The van der Waals surface area contributed by atoms with Gasteiger partial charge in [-0.15, -0.1) is 0 Å². The standard InChI is InChI=1S/C18H18ClFN2O3/c1-22(8-9-25-16-7-3-5-14(19)11-16)17(23)12-21-18(24)13-4-2-6-15(20)10-13/h2-7,10-11H,8-9,12H2,1H3,(H,21,24). The van der Waals surface area contributed by atoms with Crippen LogP contribution in [0.1, 0.15) is 10.4 Å². The first kappa shape index (κ1) is 18.7. The van der Waals surface area contributed by atoms with E-state index in [2.05, 4.69) is 5.32 Å². The number of ether oxygens (including phenoxy) is 1. The first-order valence-electron chi connectivity index (χ1n) is 7.62. The van der Waals surface area contributed by atoms with Crippen molar-refractivity contribution in [3.63, 3.8) is 0 Å². The van der Waals surface area contributed by atoms with Crippen LogP contribution in [0.3, 0.4) is 0 Å². The largest absolute Gasteiger partial charge is 0.492 e. The highest BCUT2D eigenvalue weighted by molar-refractivity contribution is 6.30. The van der Waals surface area contributed by atoms with Gasteiger partial charge in [0.1, 0.15) is 18.2 Å². The summed E-state index contributed by atoms with van der Waals surface area (Å²) in [4.78, 5) is 25.3. The molecule has 0 aromatic heterocycles. The third kappa shape index (κ3) is 6.08. The van der Waals surface area contributed by atoms with E-state index in [1.165, 1.54) is 23.1 Å². The van der Waals surface area contributed by atoms with Crippen LogP contribution < -0.4 is 10.1 Å². The van der Waals surface area contributed by atoms with Gasteiger partial charge in [0, 0.05) is 17.6 Å². The third-order valence-corrected chi connectivity index (χ3v) is 3.64. The van der Waals surface area contributed by atoms with Crippen LogP contribution in [0.5, 0.6) is 5.75 Å². The van der Waals surface area contributed by atoms with Crippen molar-refractivity contribution in [2.45, 2.75) is 0 Å². The fraction of sp³-hybridized carbons (Fsp3) is 0.222. The summed E-state index contributed by atoms with van der Waals surface area (Å²) in [6.07, 6.45) is 0. The van der Waals surface area contributed by atoms with Gasteiger partial charge in [0.2, 0.25) is 5.91 Å². The van der Waals surface area contributed by atoms with Gasteiger partial charge in [-0.25, -0.2) is 4.39 Å². The summed E-state index contributed by atoms with van der Waals surface area (Å²) >= 11 is 5.86. The molecule has 7 heteroatoms. The number of halogens is 2. The summed E-state index contributed by atoms with van der Waals surface area (Å²) < 4.78 is 18.6. The zero-order chi connectivity index (χ0) is 18.2. The minimum absolute atomic E-state index is 0.166. The molecule has 0 spiro atoms. The molecule has 5 nitrogen and oxygen atoms in total. The molecule has 0 saturated carbocycles. The number of hydrogen-bond donors (Lipinski definition) is 1. The van der Waals surface area contributed by atoms with Gasteiger partial charge in [-0.2, -0.15) is 0 Å². The van der Waals surface area contributed by atoms with Crippen molar-refractivity contribution in [1.29, 1.82) is 0 Å². The maximum absolute atomic E-state index is 13.1. The highest BCUT2D eigenvalue weighted by Crippen LogP contribution is 2.16. The Morgan fingerprint density at radius 3 is 2.68 bits per heavy atom. The van der Waals surface area contributed by atoms with Gasteiger partial charge in [0.15, 0.2) is 0 Å². The number of amides is 2. The van der Waals surface area contributed by atoms with Crippen molar-refractivity contribution in [2.24, 2.45) is 0 Å². The van der Waals surface area contributed by atoms with Crippen molar-refractivity contribution in [3.05, 3.63) is 64.9 Å². The molecule has 2 rings (SSSR count). The van der Waals surface area contributed by atoms with E-state index in [9.17, 15) is 14.0 Å². The maximum Gasteiger partial charge on any atom is 0.251 e. The molecule has 0 heterocycles. The number of nitrogens with one attached hydrogen (secondary N) is 1. The lowest BCUT2D eigenvalue weighted by molar-refractivity contribution is -0.129. The summed E-state index contributed by atoms with van der Waals surface area (Å²) in [6, 6.07) is 12.2. The third-order valence-electron chi connectivity index (χ3n) is 3.40. The molecule has 0 radical (unpaired) electrons. The van der Waals surface area contributed by atoms with Gasteiger partial charge in [-0.1, -0.05) is 23.7 Å². The molecule has 25 heavy (non-hydrogen) atoms. The molecule has 0 atom stereocenters. The van der Waals surface area contributed by atoms with Crippen molar-refractivity contribution in [3.8, 4) is 5.75 Å². The van der Waals surface area contributed by atoms with Gasteiger partial charge in [0.05, 0.1) is 13.1 Å². The average molecular weight is 365 g/mol. The van der Waals surface area contributed by atoms with Crippen LogP contribution in [-0.2, 0) is 4.79 Å². The molecule has 0 fully saturated rings. The maximum atomic E-state index is 13.1. The number of benzene rings is 2. The Balaban J connectivity index is 1.73. The van der Waals surface area contributed by atoms with Crippen molar-refractivity contribution >= 4 is 23.4 Å². The Kier molecular flexibility index (Phi) is 6.77. The van der Waals surface area contributed by atoms with E-state index in [4.69, 9.17) is 16.3 Å². The van der Waals surface area contributed by atoms with E-state index in [0.717, 1.165) is 6.07 Å². The van der Waals surface area contributed by atoms with E-state index >= 15 is 0 Å². The second kappa shape index (κ2) is 9.03. The minimum atomic E-state index is -0.505. The van der Waals surface area contributed by atoms with Crippen LogP contribution in [0.4, 0.5) is 4.39 Å². The van der Waals surface area contributed by atoms with Crippen molar-refractivity contribution in [1.82, 2.24) is 10.2 Å². The summed E-state index contributed by atoms with van der Waals surface area (Å²) in [5.41, 5.74) is 0.166. The molecule has 132 valence electrons. The van der Waals surface area contributed by atoms with E-state index in [1.54, 1.807) is 31.3 Å². The van der Waals surface area contributed by atoms with Crippen molar-refractivity contribution < 1.29 is 18.7 Å². The van der Waals surface area contributed by atoms with Crippen LogP contribution >= 0.6 is 11.6 Å². The van der Waals surface area contributed by atoms with E-state index < -0.39 is 11.7 Å². The molecule has 0 aliphatic heterocycles. The Morgan fingerprint density at radius 2 is 1.96 bits per heavy atom. The van der Waals surface area contributed by atoms with Gasteiger partial charge in [-0.3, -0.25) is 9.59 Å². The molecule has 0 bridgehead atoms. The van der Waals surface area contributed by atoms with E-state index in [-0.39, 0.29) is 18.0 Å². The molecular weight excluding hydrogens is 347 g/mol. The molecule has 0 saturated heterocycles. The predicted octanol–water partition coefficient (Wildman–Crippen LogP) is 2.75. The molecular formula is C18H18ClFN2O3.